The lowest BCUT2D eigenvalue weighted by molar-refractivity contribution is 0.00569. The third kappa shape index (κ3) is 3.44. The van der Waals surface area contributed by atoms with Crippen LogP contribution in [-0.2, 0) is 4.74 Å². The summed E-state index contributed by atoms with van der Waals surface area (Å²) in [5.41, 5.74) is -3.31. The molecular formula is C10H11N3O6. The molecular weight excluding hydrogens is 258 g/mol. The molecule has 102 valence electrons. The number of ether oxygens (including phenoxy) is 1. The van der Waals surface area contributed by atoms with Crippen LogP contribution >= 0.6 is 0 Å². The first-order valence-corrected chi connectivity index (χ1v) is 5.07. The smallest absolute Gasteiger partial charge is 0.360 e. The zero-order chi connectivity index (χ0) is 14.8. The van der Waals surface area contributed by atoms with Crippen molar-refractivity contribution in [2.75, 3.05) is 0 Å². The summed E-state index contributed by atoms with van der Waals surface area (Å²) < 4.78 is 4.92. The molecule has 0 aromatic carbocycles. The van der Waals surface area contributed by atoms with Gasteiger partial charge >= 0.3 is 17.9 Å². The molecule has 0 fully saturated rings. The summed E-state index contributed by atoms with van der Waals surface area (Å²) in [7, 11) is 0. The molecule has 9 nitrogen and oxygen atoms in total. The van der Waals surface area contributed by atoms with E-state index in [-0.39, 0.29) is 0 Å². The van der Waals surface area contributed by atoms with Crippen LogP contribution in [-0.4, -0.2) is 49.1 Å². The van der Waals surface area contributed by atoms with E-state index in [9.17, 15) is 14.4 Å². The third-order valence-corrected chi connectivity index (χ3v) is 1.77. The molecule has 0 radical (unpaired) electrons. The highest BCUT2D eigenvalue weighted by molar-refractivity contribution is 6.07. The standard InChI is InChI=1S/C10H11N3O6/c1-10(2,3)19-9(18)6-4(7(14)15)5(8(16)17)11-13-12-6/h1-3H3,(H,14,15)(H,16,17). The first-order valence-electron chi connectivity index (χ1n) is 5.07. The maximum absolute atomic E-state index is 11.8. The number of esters is 1. The SMILES string of the molecule is CC(C)(C)OC(=O)c1nnnc(C(=O)O)c1C(=O)O. The first kappa shape index (κ1) is 14.5. The highest BCUT2D eigenvalue weighted by Gasteiger charge is 2.30. The largest absolute Gasteiger partial charge is 0.478 e. The minimum absolute atomic E-state index is 0.699. The highest BCUT2D eigenvalue weighted by atomic mass is 16.6. The van der Waals surface area contributed by atoms with Gasteiger partial charge in [0.15, 0.2) is 11.4 Å². The van der Waals surface area contributed by atoms with Gasteiger partial charge in [0.05, 0.1) is 0 Å². The molecule has 0 aliphatic carbocycles. The van der Waals surface area contributed by atoms with Gasteiger partial charge in [-0.15, -0.1) is 10.2 Å². The van der Waals surface area contributed by atoms with Crippen LogP contribution in [0.1, 0.15) is 52.1 Å². The number of nitrogens with zero attached hydrogens (tertiary/aromatic N) is 3. The molecule has 0 saturated heterocycles. The van der Waals surface area contributed by atoms with Gasteiger partial charge < -0.3 is 14.9 Å². The maximum atomic E-state index is 11.8. The molecule has 0 aliphatic heterocycles. The predicted octanol–water partition coefficient (Wildman–Crippen LogP) is 0.223. The Morgan fingerprint density at radius 3 is 1.95 bits per heavy atom. The van der Waals surface area contributed by atoms with Crippen molar-refractivity contribution in [3.63, 3.8) is 0 Å². The summed E-state index contributed by atoms with van der Waals surface area (Å²) in [6.07, 6.45) is 0. The number of hydrogen-bond acceptors (Lipinski definition) is 7. The fraction of sp³-hybridized carbons (Fsp3) is 0.400. The second-order valence-electron chi connectivity index (χ2n) is 4.47. The summed E-state index contributed by atoms with van der Waals surface area (Å²) in [5.74, 6) is -4.36. The molecule has 0 aliphatic rings. The molecule has 0 spiro atoms. The molecule has 1 rings (SSSR count). The Labute approximate surface area is 107 Å². The average molecular weight is 269 g/mol. The van der Waals surface area contributed by atoms with Crippen molar-refractivity contribution < 1.29 is 29.3 Å². The molecule has 0 unspecified atom stereocenters. The van der Waals surface area contributed by atoms with E-state index in [0.717, 1.165) is 0 Å². The van der Waals surface area contributed by atoms with E-state index in [0.29, 0.717) is 0 Å². The van der Waals surface area contributed by atoms with E-state index in [1.165, 1.54) is 0 Å². The van der Waals surface area contributed by atoms with Gasteiger partial charge in [0, 0.05) is 0 Å². The Morgan fingerprint density at radius 1 is 1.00 bits per heavy atom. The quantitative estimate of drug-likeness (QED) is 0.737. The van der Waals surface area contributed by atoms with Crippen molar-refractivity contribution in [1.82, 2.24) is 15.4 Å². The van der Waals surface area contributed by atoms with Gasteiger partial charge in [0.1, 0.15) is 11.2 Å². The Morgan fingerprint density at radius 2 is 1.53 bits per heavy atom. The molecule has 9 heteroatoms. The van der Waals surface area contributed by atoms with Crippen LogP contribution in [0.2, 0.25) is 0 Å². The molecule has 2 N–H and O–H groups in total. The summed E-state index contributed by atoms with van der Waals surface area (Å²) in [6, 6.07) is 0. The van der Waals surface area contributed by atoms with Crippen LogP contribution in [0.5, 0.6) is 0 Å². The van der Waals surface area contributed by atoms with Crippen molar-refractivity contribution >= 4 is 17.9 Å². The lowest BCUT2D eigenvalue weighted by Crippen LogP contribution is -2.28. The Hall–Kier alpha value is -2.58. The van der Waals surface area contributed by atoms with Crippen molar-refractivity contribution in [3.05, 3.63) is 17.0 Å². The molecule has 19 heavy (non-hydrogen) atoms. The average Bonchev–Trinajstić information content (AvgIpc) is 2.25. The second kappa shape index (κ2) is 4.96. The predicted molar refractivity (Wildman–Crippen MR) is 58.9 cm³/mol. The molecule has 0 bridgehead atoms. The van der Waals surface area contributed by atoms with E-state index >= 15 is 0 Å². The van der Waals surface area contributed by atoms with Crippen LogP contribution < -0.4 is 0 Å². The Kier molecular flexibility index (Phi) is 3.78. The van der Waals surface area contributed by atoms with Gasteiger partial charge in [0.2, 0.25) is 0 Å². The normalized spacial score (nSPS) is 10.9. The van der Waals surface area contributed by atoms with Gasteiger partial charge in [-0.25, -0.2) is 14.4 Å². The van der Waals surface area contributed by atoms with E-state index in [2.05, 4.69) is 15.4 Å². The van der Waals surface area contributed by atoms with Crippen LogP contribution in [0.25, 0.3) is 0 Å². The molecule has 1 heterocycles. The highest BCUT2D eigenvalue weighted by Crippen LogP contribution is 2.15. The van der Waals surface area contributed by atoms with Crippen molar-refractivity contribution in [1.29, 1.82) is 0 Å². The monoisotopic (exact) mass is 269 g/mol. The van der Waals surface area contributed by atoms with Gasteiger partial charge in [-0.1, -0.05) is 0 Å². The van der Waals surface area contributed by atoms with Gasteiger partial charge in [-0.3, -0.25) is 0 Å². The van der Waals surface area contributed by atoms with E-state index in [1.807, 2.05) is 0 Å². The summed E-state index contributed by atoms with van der Waals surface area (Å²) in [5, 5.41) is 27.2. The molecule has 0 atom stereocenters. The number of aromatic nitrogens is 3. The molecule has 0 saturated carbocycles. The van der Waals surface area contributed by atoms with Crippen LogP contribution in [0.3, 0.4) is 0 Å². The van der Waals surface area contributed by atoms with Crippen molar-refractivity contribution in [3.8, 4) is 0 Å². The molecule has 1 aromatic heterocycles. The fourth-order valence-corrected chi connectivity index (χ4v) is 1.15. The Bertz CT molecular complexity index is 549. The molecule has 1 aromatic rings. The van der Waals surface area contributed by atoms with Gasteiger partial charge in [-0.05, 0) is 26.0 Å². The van der Waals surface area contributed by atoms with Gasteiger partial charge in [-0.2, -0.15) is 0 Å². The maximum Gasteiger partial charge on any atom is 0.360 e. The lowest BCUT2D eigenvalue weighted by Gasteiger charge is -2.19. The zero-order valence-electron chi connectivity index (χ0n) is 10.4. The topological polar surface area (TPSA) is 140 Å². The minimum atomic E-state index is -1.65. The number of hydrogen-bond donors (Lipinski definition) is 2. The Balaban J connectivity index is 3.36. The summed E-state index contributed by atoms with van der Waals surface area (Å²) >= 11 is 0. The third-order valence-electron chi connectivity index (χ3n) is 1.77. The minimum Gasteiger partial charge on any atom is -0.478 e. The van der Waals surface area contributed by atoms with E-state index < -0.39 is 40.5 Å². The van der Waals surface area contributed by atoms with Gasteiger partial charge in [0.25, 0.3) is 0 Å². The zero-order valence-corrected chi connectivity index (χ0v) is 10.4. The van der Waals surface area contributed by atoms with Crippen molar-refractivity contribution in [2.45, 2.75) is 26.4 Å². The van der Waals surface area contributed by atoms with Crippen LogP contribution in [0.15, 0.2) is 0 Å². The number of rotatable bonds is 3. The first-order chi connectivity index (χ1) is 8.63. The number of carboxylic acids is 2. The fourth-order valence-electron chi connectivity index (χ4n) is 1.15. The number of aromatic carboxylic acids is 2. The number of carbonyl (C=O) groups is 3. The van der Waals surface area contributed by atoms with Crippen LogP contribution in [0, 0.1) is 0 Å². The lowest BCUT2D eigenvalue weighted by atomic mass is 10.1. The second-order valence-corrected chi connectivity index (χ2v) is 4.47. The van der Waals surface area contributed by atoms with E-state index in [1.54, 1.807) is 20.8 Å². The summed E-state index contributed by atoms with van der Waals surface area (Å²) in [4.78, 5) is 33.6. The summed E-state index contributed by atoms with van der Waals surface area (Å²) in [6.45, 7) is 4.70. The molecule has 0 amide bonds. The van der Waals surface area contributed by atoms with Crippen molar-refractivity contribution in [2.24, 2.45) is 0 Å². The van der Waals surface area contributed by atoms with Crippen LogP contribution in [0.4, 0.5) is 0 Å². The number of carboxylic acid groups (broad SMARTS) is 2. The van der Waals surface area contributed by atoms with E-state index in [4.69, 9.17) is 14.9 Å². The number of carbonyl (C=O) groups excluding carboxylic acids is 1.